The van der Waals surface area contributed by atoms with Gasteiger partial charge in [-0.2, -0.15) is 12.7 Å². The summed E-state index contributed by atoms with van der Waals surface area (Å²) in [6, 6.07) is 0. The predicted octanol–water partition coefficient (Wildman–Crippen LogP) is -0.0575. The van der Waals surface area contributed by atoms with Crippen molar-refractivity contribution in [3.63, 3.8) is 0 Å². The molecule has 0 aromatic rings. The van der Waals surface area contributed by atoms with E-state index >= 15 is 0 Å². The van der Waals surface area contributed by atoms with E-state index in [4.69, 9.17) is 4.74 Å². The molecule has 2 fully saturated rings. The highest BCUT2D eigenvalue weighted by atomic mass is 32.2. The Bertz CT molecular complexity index is 458. The zero-order valence-corrected chi connectivity index (χ0v) is 13.6. The van der Waals surface area contributed by atoms with E-state index in [2.05, 4.69) is 4.72 Å². The summed E-state index contributed by atoms with van der Waals surface area (Å²) in [6.07, 6.45) is 1.99. The normalized spacial score (nSPS) is 28.3. The molecule has 0 aromatic carbocycles. The number of likely N-dealkylation sites (tertiary alicyclic amines) is 1. The predicted molar refractivity (Wildman–Crippen MR) is 78.9 cm³/mol. The Labute approximate surface area is 126 Å². The lowest BCUT2D eigenvalue weighted by molar-refractivity contribution is -0.127. The summed E-state index contributed by atoms with van der Waals surface area (Å²) < 4.78 is 34.0. The number of nitrogens with one attached hydrogen (secondary N) is 1. The summed E-state index contributed by atoms with van der Waals surface area (Å²) in [5.41, 5.74) is 0. The third kappa shape index (κ3) is 4.64. The lowest BCUT2D eigenvalue weighted by atomic mass is 10.3. The molecule has 0 aliphatic carbocycles. The number of morpholine rings is 1. The number of hydrogen-bond acceptors (Lipinski definition) is 4. The summed E-state index contributed by atoms with van der Waals surface area (Å²) >= 11 is 0. The van der Waals surface area contributed by atoms with E-state index < -0.39 is 10.2 Å². The van der Waals surface area contributed by atoms with Crippen LogP contribution in [0.1, 0.15) is 33.1 Å². The van der Waals surface area contributed by atoms with Crippen LogP contribution in [0.5, 0.6) is 0 Å². The highest BCUT2D eigenvalue weighted by molar-refractivity contribution is 7.87. The molecule has 0 unspecified atom stereocenters. The van der Waals surface area contributed by atoms with Crippen LogP contribution in [0, 0.1) is 0 Å². The summed E-state index contributed by atoms with van der Waals surface area (Å²) in [6.45, 7) is 6.27. The molecule has 2 saturated heterocycles. The molecule has 0 saturated carbocycles. The molecule has 8 heteroatoms. The van der Waals surface area contributed by atoms with Crippen molar-refractivity contribution in [2.45, 2.75) is 45.3 Å². The Morgan fingerprint density at radius 2 is 1.95 bits per heavy atom. The van der Waals surface area contributed by atoms with Crippen LogP contribution in [0.3, 0.4) is 0 Å². The second-order valence-electron chi connectivity index (χ2n) is 5.81. The van der Waals surface area contributed by atoms with Gasteiger partial charge in [-0.25, -0.2) is 4.72 Å². The Hall–Kier alpha value is -0.700. The lowest BCUT2D eigenvalue weighted by Crippen LogP contribution is -2.52. The standard InChI is InChI=1S/C13H25N3O4S/c1-11-9-16(10-12(2)20-11)21(18,19)14-6-4-8-15-7-3-5-13(15)17/h11-12,14H,3-10H2,1-2H3/t11-,12-/m0/s1. The third-order valence-electron chi connectivity index (χ3n) is 3.79. The summed E-state index contributed by atoms with van der Waals surface area (Å²) in [5.74, 6) is 0.175. The van der Waals surface area contributed by atoms with Crippen LogP contribution in [-0.2, 0) is 19.7 Å². The van der Waals surface area contributed by atoms with Crippen LogP contribution in [0.4, 0.5) is 0 Å². The molecule has 1 amide bonds. The fourth-order valence-corrected chi connectivity index (χ4v) is 4.23. The first-order valence-electron chi connectivity index (χ1n) is 7.56. The second-order valence-corrected chi connectivity index (χ2v) is 7.57. The molecule has 0 aromatic heterocycles. The Morgan fingerprint density at radius 1 is 1.29 bits per heavy atom. The van der Waals surface area contributed by atoms with Crippen molar-refractivity contribution >= 4 is 16.1 Å². The largest absolute Gasteiger partial charge is 0.373 e. The molecule has 0 spiro atoms. The smallest absolute Gasteiger partial charge is 0.279 e. The quantitative estimate of drug-likeness (QED) is 0.696. The van der Waals surface area contributed by atoms with E-state index in [1.807, 2.05) is 13.8 Å². The molecule has 0 radical (unpaired) electrons. The average Bonchev–Trinajstić information content (AvgIpc) is 2.79. The maximum absolute atomic E-state index is 12.2. The van der Waals surface area contributed by atoms with Crippen molar-refractivity contribution in [1.82, 2.24) is 13.9 Å². The van der Waals surface area contributed by atoms with Crippen LogP contribution in [0.15, 0.2) is 0 Å². The molecular formula is C13H25N3O4S. The Morgan fingerprint density at radius 3 is 2.52 bits per heavy atom. The van der Waals surface area contributed by atoms with Crippen molar-refractivity contribution in [3.05, 3.63) is 0 Å². The van der Waals surface area contributed by atoms with E-state index in [9.17, 15) is 13.2 Å². The molecular weight excluding hydrogens is 294 g/mol. The maximum atomic E-state index is 12.2. The molecule has 2 atom stereocenters. The van der Waals surface area contributed by atoms with Crippen molar-refractivity contribution in [2.75, 3.05) is 32.7 Å². The van der Waals surface area contributed by atoms with Crippen LogP contribution in [0.25, 0.3) is 0 Å². The minimum Gasteiger partial charge on any atom is -0.373 e. The van der Waals surface area contributed by atoms with Gasteiger partial charge in [0.25, 0.3) is 10.2 Å². The van der Waals surface area contributed by atoms with Gasteiger partial charge >= 0.3 is 0 Å². The average molecular weight is 319 g/mol. The minimum absolute atomic E-state index is 0.0902. The van der Waals surface area contributed by atoms with Crippen molar-refractivity contribution in [1.29, 1.82) is 0 Å². The van der Waals surface area contributed by atoms with Gasteiger partial charge in [-0.1, -0.05) is 0 Å². The maximum Gasteiger partial charge on any atom is 0.279 e. The summed E-state index contributed by atoms with van der Waals surface area (Å²) in [4.78, 5) is 13.2. The SMILES string of the molecule is C[C@H]1CN(S(=O)(=O)NCCCN2CCCC2=O)C[C@H](C)O1. The van der Waals surface area contributed by atoms with E-state index in [0.29, 0.717) is 39.0 Å². The fourth-order valence-electron chi connectivity index (χ4n) is 2.83. The lowest BCUT2D eigenvalue weighted by Gasteiger charge is -2.34. The van der Waals surface area contributed by atoms with Crippen molar-refractivity contribution < 1.29 is 17.9 Å². The van der Waals surface area contributed by atoms with E-state index in [1.165, 1.54) is 4.31 Å². The first kappa shape index (κ1) is 16.7. The number of nitrogens with zero attached hydrogens (tertiary/aromatic N) is 2. The van der Waals surface area contributed by atoms with Crippen molar-refractivity contribution in [3.8, 4) is 0 Å². The van der Waals surface area contributed by atoms with Gasteiger partial charge in [0.15, 0.2) is 0 Å². The highest BCUT2D eigenvalue weighted by Gasteiger charge is 2.30. The van der Waals surface area contributed by atoms with Crippen LogP contribution in [-0.4, -0.2) is 68.5 Å². The number of carbonyl (C=O) groups is 1. The first-order valence-corrected chi connectivity index (χ1v) is 9.00. The number of rotatable bonds is 6. The number of ether oxygens (including phenoxy) is 1. The molecule has 0 bridgehead atoms. The molecule has 1 N–H and O–H groups in total. The van der Waals surface area contributed by atoms with E-state index in [0.717, 1.165) is 13.0 Å². The van der Waals surface area contributed by atoms with E-state index in [-0.39, 0.29) is 18.1 Å². The van der Waals surface area contributed by atoms with Crippen LogP contribution < -0.4 is 4.72 Å². The fraction of sp³-hybridized carbons (Fsp3) is 0.923. The molecule has 2 heterocycles. The summed E-state index contributed by atoms with van der Waals surface area (Å²) in [7, 11) is -3.46. The zero-order chi connectivity index (χ0) is 15.5. The van der Waals surface area contributed by atoms with Gasteiger partial charge in [0.1, 0.15) is 0 Å². The van der Waals surface area contributed by atoms with Gasteiger partial charge in [-0.3, -0.25) is 4.79 Å². The molecule has 21 heavy (non-hydrogen) atoms. The topological polar surface area (TPSA) is 79.0 Å². The van der Waals surface area contributed by atoms with Gasteiger partial charge in [0, 0.05) is 39.1 Å². The van der Waals surface area contributed by atoms with E-state index in [1.54, 1.807) is 4.90 Å². The van der Waals surface area contributed by atoms with Gasteiger partial charge in [-0.15, -0.1) is 0 Å². The van der Waals surface area contributed by atoms with Crippen molar-refractivity contribution in [2.24, 2.45) is 0 Å². The zero-order valence-electron chi connectivity index (χ0n) is 12.7. The van der Waals surface area contributed by atoms with Gasteiger partial charge in [0.05, 0.1) is 12.2 Å². The number of carbonyl (C=O) groups excluding carboxylic acids is 1. The van der Waals surface area contributed by atoms with Gasteiger partial charge in [0.2, 0.25) is 5.91 Å². The Balaban J connectivity index is 1.74. The van der Waals surface area contributed by atoms with Crippen LogP contribution in [0.2, 0.25) is 0 Å². The molecule has 122 valence electrons. The van der Waals surface area contributed by atoms with Crippen LogP contribution >= 0.6 is 0 Å². The second kappa shape index (κ2) is 7.04. The minimum atomic E-state index is -3.46. The van der Waals surface area contributed by atoms with Gasteiger partial charge < -0.3 is 9.64 Å². The number of amides is 1. The Kier molecular flexibility index (Phi) is 5.59. The molecule has 2 aliphatic rings. The van der Waals surface area contributed by atoms with Gasteiger partial charge in [-0.05, 0) is 26.7 Å². The molecule has 7 nitrogen and oxygen atoms in total. The highest BCUT2D eigenvalue weighted by Crippen LogP contribution is 2.13. The molecule has 2 rings (SSSR count). The molecule has 2 aliphatic heterocycles. The third-order valence-corrected chi connectivity index (χ3v) is 5.33. The summed E-state index contributed by atoms with van der Waals surface area (Å²) in [5, 5.41) is 0. The monoisotopic (exact) mass is 319 g/mol. The first-order chi connectivity index (χ1) is 9.88. The number of hydrogen-bond donors (Lipinski definition) is 1.